The fraction of sp³-hybridized carbons (Fsp3) is 0.471. The molecule has 0 amide bonds. The first-order valence-corrected chi connectivity index (χ1v) is 7.95. The maximum absolute atomic E-state index is 15.5. The molecule has 1 aromatic carbocycles. The zero-order valence-corrected chi connectivity index (χ0v) is 12.5. The highest BCUT2D eigenvalue weighted by molar-refractivity contribution is 5.94. The van der Waals surface area contributed by atoms with Crippen LogP contribution in [0.2, 0.25) is 0 Å². The lowest BCUT2D eigenvalue weighted by molar-refractivity contribution is -0.111. The average Bonchev–Trinajstić information content (AvgIpc) is 3.18. The highest BCUT2D eigenvalue weighted by atomic mass is 19.4. The maximum Gasteiger partial charge on any atom is 0.415 e. The van der Waals surface area contributed by atoms with E-state index in [-0.39, 0.29) is 23.1 Å². The monoisotopic (exact) mass is 338 g/mol. The molecule has 3 aliphatic carbocycles. The van der Waals surface area contributed by atoms with Gasteiger partial charge in [-0.1, -0.05) is 6.07 Å². The summed E-state index contributed by atoms with van der Waals surface area (Å²) in [5, 5.41) is 17.5. The van der Waals surface area contributed by atoms with Crippen molar-refractivity contribution in [2.45, 2.75) is 37.7 Å². The Balaban J connectivity index is 1.91. The standard InChI is InChI=1S/C17H14F4N2O/c18-15-11-8(1-2-10-9(11)6-22-23-10)12-13(17(19,20)21)14(24)7-3-4-16(12,15)5-7/h1-2,6-7,14-15,24H,3-5H2,(H,22,23)/t7?,14-,15+,16-/m1/s1. The topological polar surface area (TPSA) is 48.9 Å². The van der Waals surface area contributed by atoms with Gasteiger partial charge in [-0.3, -0.25) is 5.10 Å². The van der Waals surface area contributed by atoms with Gasteiger partial charge in [-0.05, 0) is 42.4 Å². The molecule has 1 aromatic heterocycles. The summed E-state index contributed by atoms with van der Waals surface area (Å²) in [4.78, 5) is 0. The minimum atomic E-state index is -4.67. The number of nitrogens with zero attached hydrogens (tertiary/aromatic N) is 1. The Kier molecular flexibility index (Phi) is 2.53. The summed E-state index contributed by atoms with van der Waals surface area (Å²) in [5.41, 5.74) is -0.961. The van der Waals surface area contributed by atoms with Crippen LogP contribution < -0.4 is 0 Å². The van der Waals surface area contributed by atoms with Gasteiger partial charge in [-0.2, -0.15) is 18.3 Å². The van der Waals surface area contributed by atoms with Crippen LogP contribution in [-0.4, -0.2) is 27.6 Å². The van der Waals surface area contributed by atoms with Crippen molar-refractivity contribution in [1.29, 1.82) is 0 Å². The number of benzene rings is 1. The Hall–Kier alpha value is -1.89. The van der Waals surface area contributed by atoms with Crippen molar-refractivity contribution in [2.75, 3.05) is 0 Å². The van der Waals surface area contributed by atoms with Crippen LogP contribution in [0.4, 0.5) is 17.6 Å². The smallest absolute Gasteiger partial charge is 0.388 e. The molecule has 1 spiro atoms. The Morgan fingerprint density at radius 2 is 2.08 bits per heavy atom. The van der Waals surface area contributed by atoms with Crippen molar-refractivity contribution in [2.24, 2.45) is 11.3 Å². The van der Waals surface area contributed by atoms with Crippen LogP contribution in [-0.2, 0) is 0 Å². The van der Waals surface area contributed by atoms with E-state index in [1.54, 1.807) is 6.07 Å². The fourth-order valence-electron chi connectivity index (χ4n) is 5.15. The minimum Gasteiger partial charge on any atom is -0.388 e. The number of aromatic amines is 1. The summed E-state index contributed by atoms with van der Waals surface area (Å²) in [6.45, 7) is 0. The number of rotatable bonds is 0. The molecule has 5 rings (SSSR count). The molecule has 1 unspecified atom stereocenters. The number of fused-ring (bicyclic) bond motifs is 5. The summed E-state index contributed by atoms with van der Waals surface area (Å²) < 4.78 is 56.7. The first kappa shape index (κ1) is 14.5. The van der Waals surface area contributed by atoms with Crippen molar-refractivity contribution in [3.63, 3.8) is 0 Å². The number of hydrogen-bond donors (Lipinski definition) is 2. The molecule has 3 nitrogen and oxygen atoms in total. The van der Waals surface area contributed by atoms with Crippen molar-refractivity contribution in [1.82, 2.24) is 10.2 Å². The summed E-state index contributed by atoms with van der Waals surface area (Å²) in [6, 6.07) is 3.16. The molecular formula is C17H14F4N2O. The molecule has 2 aromatic rings. The zero-order chi connectivity index (χ0) is 16.9. The lowest BCUT2D eigenvalue weighted by Crippen LogP contribution is -2.37. The van der Waals surface area contributed by atoms with Gasteiger partial charge >= 0.3 is 6.18 Å². The molecule has 1 saturated carbocycles. The first-order chi connectivity index (χ1) is 11.3. The van der Waals surface area contributed by atoms with Gasteiger partial charge in [0.15, 0.2) is 0 Å². The normalized spacial score (nSPS) is 34.8. The number of aliphatic hydroxyl groups is 1. The predicted molar refractivity (Wildman–Crippen MR) is 78.7 cm³/mol. The Labute approximate surface area is 134 Å². The summed E-state index contributed by atoms with van der Waals surface area (Å²) in [6.07, 6.45) is -5.28. The number of halogens is 4. The van der Waals surface area contributed by atoms with Crippen LogP contribution in [0.3, 0.4) is 0 Å². The molecule has 0 saturated heterocycles. The van der Waals surface area contributed by atoms with E-state index < -0.39 is 35.4 Å². The molecule has 1 fully saturated rings. The quantitative estimate of drug-likeness (QED) is 0.712. The zero-order valence-electron chi connectivity index (χ0n) is 12.5. The van der Waals surface area contributed by atoms with Gasteiger partial charge in [0.05, 0.1) is 23.4 Å². The average molecular weight is 338 g/mol. The van der Waals surface area contributed by atoms with Gasteiger partial charge in [0.1, 0.15) is 6.17 Å². The third kappa shape index (κ3) is 1.49. The van der Waals surface area contributed by atoms with E-state index in [1.165, 1.54) is 12.3 Å². The molecule has 1 heterocycles. The van der Waals surface area contributed by atoms with Gasteiger partial charge in [0, 0.05) is 16.4 Å². The van der Waals surface area contributed by atoms with Crippen LogP contribution in [0.1, 0.15) is 36.6 Å². The SMILES string of the molecule is O[C@H]1C(C(F)(F)F)=C2c3ccc4[nH]ncc4c3[C@H](F)[C@@]23CCC1C3. The molecule has 24 heavy (non-hydrogen) atoms. The number of aliphatic hydroxyl groups excluding tert-OH is 1. The highest BCUT2D eigenvalue weighted by Gasteiger charge is 2.63. The van der Waals surface area contributed by atoms with E-state index in [4.69, 9.17) is 0 Å². The first-order valence-electron chi connectivity index (χ1n) is 7.95. The number of hydrogen-bond acceptors (Lipinski definition) is 2. The number of allylic oxidation sites excluding steroid dienone is 1. The van der Waals surface area contributed by atoms with E-state index in [0.29, 0.717) is 23.7 Å². The second-order valence-electron chi connectivity index (χ2n) is 7.11. The number of aromatic nitrogens is 2. The molecule has 126 valence electrons. The van der Waals surface area contributed by atoms with E-state index >= 15 is 4.39 Å². The molecule has 2 bridgehead atoms. The van der Waals surface area contributed by atoms with Gasteiger partial charge < -0.3 is 5.11 Å². The Morgan fingerprint density at radius 1 is 1.29 bits per heavy atom. The molecule has 3 aliphatic rings. The molecule has 0 radical (unpaired) electrons. The van der Waals surface area contributed by atoms with Crippen LogP contribution in [0, 0.1) is 11.3 Å². The number of alkyl halides is 4. The lowest BCUT2D eigenvalue weighted by atomic mass is 9.69. The lowest BCUT2D eigenvalue weighted by Gasteiger charge is -2.37. The summed E-state index contributed by atoms with van der Waals surface area (Å²) in [5.74, 6) is -0.530. The minimum absolute atomic E-state index is 0.0261. The second-order valence-corrected chi connectivity index (χ2v) is 7.11. The van der Waals surface area contributed by atoms with Gasteiger partial charge in [0.2, 0.25) is 0 Å². The van der Waals surface area contributed by atoms with Crippen LogP contribution in [0.15, 0.2) is 23.9 Å². The van der Waals surface area contributed by atoms with E-state index in [0.717, 1.165) is 0 Å². The van der Waals surface area contributed by atoms with Gasteiger partial charge in [0.25, 0.3) is 0 Å². The predicted octanol–water partition coefficient (Wildman–Crippen LogP) is 4.06. The maximum atomic E-state index is 15.5. The number of H-pyrrole nitrogens is 1. The third-order valence-corrected chi connectivity index (χ3v) is 6.08. The molecular weight excluding hydrogens is 324 g/mol. The molecule has 2 N–H and O–H groups in total. The van der Waals surface area contributed by atoms with Crippen molar-refractivity contribution >= 4 is 16.5 Å². The second kappa shape index (κ2) is 4.20. The van der Waals surface area contributed by atoms with E-state index in [9.17, 15) is 18.3 Å². The van der Waals surface area contributed by atoms with Crippen LogP contribution in [0.25, 0.3) is 16.5 Å². The highest BCUT2D eigenvalue weighted by Crippen LogP contribution is 2.70. The summed E-state index contributed by atoms with van der Waals surface area (Å²) in [7, 11) is 0. The van der Waals surface area contributed by atoms with Gasteiger partial charge in [-0.25, -0.2) is 4.39 Å². The number of nitrogens with one attached hydrogen (secondary N) is 1. The van der Waals surface area contributed by atoms with Crippen LogP contribution in [0.5, 0.6) is 0 Å². The van der Waals surface area contributed by atoms with Crippen molar-refractivity contribution in [3.05, 3.63) is 35.0 Å². The Morgan fingerprint density at radius 3 is 2.83 bits per heavy atom. The summed E-state index contributed by atoms with van der Waals surface area (Å²) >= 11 is 0. The molecule has 7 heteroatoms. The largest absolute Gasteiger partial charge is 0.415 e. The fourth-order valence-corrected chi connectivity index (χ4v) is 5.15. The molecule has 0 aliphatic heterocycles. The van der Waals surface area contributed by atoms with Gasteiger partial charge in [-0.15, -0.1) is 0 Å². The third-order valence-electron chi connectivity index (χ3n) is 6.08. The van der Waals surface area contributed by atoms with E-state index in [2.05, 4.69) is 10.2 Å². The van der Waals surface area contributed by atoms with Crippen molar-refractivity contribution < 1.29 is 22.7 Å². The van der Waals surface area contributed by atoms with Crippen molar-refractivity contribution in [3.8, 4) is 0 Å². The Bertz CT molecular complexity index is 900. The van der Waals surface area contributed by atoms with E-state index in [1.807, 2.05) is 0 Å². The molecule has 4 atom stereocenters. The van der Waals surface area contributed by atoms with Crippen LogP contribution >= 0.6 is 0 Å².